The minimum absolute atomic E-state index is 0.274. The summed E-state index contributed by atoms with van der Waals surface area (Å²) in [7, 11) is 0. The summed E-state index contributed by atoms with van der Waals surface area (Å²) in [5.41, 5.74) is 2.70. The summed E-state index contributed by atoms with van der Waals surface area (Å²) in [6.07, 6.45) is 2.31. The smallest absolute Gasteiger partial charge is 0.319 e. The van der Waals surface area contributed by atoms with E-state index in [-0.39, 0.29) is 6.03 Å². The molecule has 8 heteroatoms. The van der Waals surface area contributed by atoms with Gasteiger partial charge < -0.3 is 10.6 Å². The van der Waals surface area contributed by atoms with Crippen molar-refractivity contribution >= 4 is 39.2 Å². The Bertz CT molecular complexity index is 673. The molecule has 2 aromatic rings. The van der Waals surface area contributed by atoms with Gasteiger partial charge in [0.25, 0.3) is 0 Å². The molecule has 2 amide bonds. The van der Waals surface area contributed by atoms with Crippen LogP contribution in [0.2, 0.25) is 5.15 Å². The maximum absolute atomic E-state index is 11.8. The van der Waals surface area contributed by atoms with Crippen molar-refractivity contribution in [3.05, 3.63) is 39.3 Å². The number of rotatable bonds is 5. The van der Waals surface area contributed by atoms with Crippen molar-refractivity contribution in [3.8, 4) is 0 Å². The first-order valence-electron chi connectivity index (χ1n) is 6.82. The van der Waals surface area contributed by atoms with Crippen LogP contribution in [0.1, 0.15) is 17.8 Å². The maximum atomic E-state index is 11.8. The average Bonchev–Trinajstić information content (AvgIpc) is 2.77. The molecule has 6 nitrogen and oxygen atoms in total. The normalized spacial score (nSPS) is 10.5. The van der Waals surface area contributed by atoms with Gasteiger partial charge in [-0.05, 0) is 48.3 Å². The summed E-state index contributed by atoms with van der Waals surface area (Å²) in [5, 5.41) is 10.2. The second-order valence-corrected chi connectivity index (χ2v) is 6.09. The lowest BCUT2D eigenvalue weighted by Gasteiger charge is -2.08. The molecule has 0 spiro atoms. The second kappa shape index (κ2) is 7.60. The van der Waals surface area contributed by atoms with Crippen LogP contribution in [-0.2, 0) is 6.54 Å². The number of pyridine rings is 1. The standard InChI is InChI=1S/C14H17BrClN5O/c1-9-6-10(2)21(20-9)5-3-4-17-14(22)19-11-7-12(15)13(16)18-8-11/h6-8H,3-5H2,1-2H3,(H2,17,19,22). The number of urea groups is 1. The molecule has 0 unspecified atom stereocenters. The second-order valence-electron chi connectivity index (χ2n) is 4.88. The Hall–Kier alpha value is -1.60. The molecule has 0 atom stereocenters. The van der Waals surface area contributed by atoms with Crippen molar-refractivity contribution in [2.24, 2.45) is 0 Å². The fourth-order valence-corrected chi connectivity index (χ4v) is 2.45. The first-order valence-corrected chi connectivity index (χ1v) is 8.00. The van der Waals surface area contributed by atoms with E-state index in [1.807, 2.05) is 24.6 Å². The molecule has 2 heterocycles. The zero-order valence-corrected chi connectivity index (χ0v) is 14.7. The number of hydrogen-bond acceptors (Lipinski definition) is 3. The molecule has 2 aromatic heterocycles. The molecule has 2 rings (SSSR count). The topological polar surface area (TPSA) is 71.8 Å². The van der Waals surface area contributed by atoms with Gasteiger partial charge in [0.05, 0.1) is 22.1 Å². The third kappa shape index (κ3) is 4.71. The van der Waals surface area contributed by atoms with Crippen LogP contribution in [0.15, 0.2) is 22.8 Å². The van der Waals surface area contributed by atoms with Gasteiger partial charge >= 0.3 is 6.03 Å². The quantitative estimate of drug-likeness (QED) is 0.610. The summed E-state index contributed by atoms with van der Waals surface area (Å²) in [5.74, 6) is 0. The Morgan fingerprint density at radius 2 is 2.18 bits per heavy atom. The van der Waals surface area contributed by atoms with Crippen LogP contribution in [0, 0.1) is 13.8 Å². The van der Waals surface area contributed by atoms with Gasteiger partial charge in [0.2, 0.25) is 0 Å². The molecule has 0 saturated carbocycles. The van der Waals surface area contributed by atoms with Gasteiger partial charge in [-0.3, -0.25) is 4.68 Å². The van der Waals surface area contributed by atoms with Crippen LogP contribution in [-0.4, -0.2) is 27.3 Å². The number of nitrogens with one attached hydrogen (secondary N) is 2. The van der Waals surface area contributed by atoms with Crippen molar-refractivity contribution in [1.82, 2.24) is 20.1 Å². The zero-order chi connectivity index (χ0) is 16.1. The number of aromatic nitrogens is 3. The molecular formula is C14H17BrClN5O. The number of halogens is 2. The van der Waals surface area contributed by atoms with Crippen molar-refractivity contribution < 1.29 is 4.79 Å². The van der Waals surface area contributed by atoms with Crippen molar-refractivity contribution in [2.45, 2.75) is 26.8 Å². The molecule has 22 heavy (non-hydrogen) atoms. The van der Waals surface area contributed by atoms with Crippen molar-refractivity contribution in [3.63, 3.8) is 0 Å². The van der Waals surface area contributed by atoms with Crippen LogP contribution >= 0.6 is 27.5 Å². The highest BCUT2D eigenvalue weighted by atomic mass is 79.9. The van der Waals surface area contributed by atoms with Crippen LogP contribution in [0.4, 0.5) is 10.5 Å². The predicted molar refractivity (Wildman–Crippen MR) is 90.3 cm³/mol. The van der Waals surface area contributed by atoms with E-state index < -0.39 is 0 Å². The minimum Gasteiger partial charge on any atom is -0.338 e. The lowest BCUT2D eigenvalue weighted by atomic mass is 10.4. The molecule has 0 aromatic carbocycles. The van der Waals surface area contributed by atoms with E-state index in [9.17, 15) is 4.79 Å². The largest absolute Gasteiger partial charge is 0.338 e. The van der Waals surface area contributed by atoms with Crippen LogP contribution in [0.5, 0.6) is 0 Å². The van der Waals surface area contributed by atoms with Gasteiger partial charge in [-0.2, -0.15) is 5.10 Å². The fourth-order valence-electron chi connectivity index (χ4n) is 2.00. The minimum atomic E-state index is -0.274. The van der Waals surface area contributed by atoms with Gasteiger partial charge in [-0.15, -0.1) is 0 Å². The van der Waals surface area contributed by atoms with Crippen LogP contribution in [0.25, 0.3) is 0 Å². The van der Waals surface area contributed by atoms with Gasteiger partial charge in [-0.1, -0.05) is 11.6 Å². The third-order valence-electron chi connectivity index (χ3n) is 2.99. The highest BCUT2D eigenvalue weighted by Gasteiger charge is 2.05. The monoisotopic (exact) mass is 385 g/mol. The molecule has 0 aliphatic carbocycles. The highest BCUT2D eigenvalue weighted by Crippen LogP contribution is 2.22. The Balaban J connectivity index is 1.73. The molecule has 0 saturated heterocycles. The molecule has 0 bridgehead atoms. The Kier molecular flexibility index (Phi) is 5.79. The molecule has 0 aliphatic heterocycles. The molecule has 0 radical (unpaired) electrons. The number of nitrogens with zero attached hydrogens (tertiary/aromatic N) is 3. The lowest BCUT2D eigenvalue weighted by Crippen LogP contribution is -2.30. The van der Waals surface area contributed by atoms with Crippen LogP contribution < -0.4 is 10.6 Å². The van der Waals surface area contributed by atoms with Gasteiger partial charge in [0, 0.05) is 18.8 Å². The van der Waals surface area contributed by atoms with Crippen molar-refractivity contribution in [2.75, 3.05) is 11.9 Å². The summed E-state index contributed by atoms with van der Waals surface area (Å²) in [4.78, 5) is 15.7. The van der Waals surface area contributed by atoms with E-state index in [1.54, 1.807) is 6.07 Å². The molecule has 118 valence electrons. The SMILES string of the molecule is Cc1cc(C)n(CCCNC(=O)Nc2cnc(Cl)c(Br)c2)n1. The maximum Gasteiger partial charge on any atom is 0.319 e. The summed E-state index contributed by atoms with van der Waals surface area (Å²) in [6.45, 7) is 5.32. The number of carbonyl (C=O) groups excluding carboxylic acids is 1. The van der Waals surface area contributed by atoms with Gasteiger partial charge in [0.1, 0.15) is 5.15 Å². The van der Waals surface area contributed by atoms with E-state index in [2.05, 4.69) is 36.6 Å². The number of aryl methyl sites for hydroxylation is 3. The predicted octanol–water partition coefficient (Wildman–Crippen LogP) is 3.52. The average molecular weight is 387 g/mol. The number of amides is 2. The van der Waals surface area contributed by atoms with Crippen LogP contribution in [0.3, 0.4) is 0 Å². The van der Waals surface area contributed by atoms with Gasteiger partial charge in [0.15, 0.2) is 0 Å². The molecule has 2 N–H and O–H groups in total. The van der Waals surface area contributed by atoms with Gasteiger partial charge in [-0.25, -0.2) is 9.78 Å². The van der Waals surface area contributed by atoms with E-state index in [0.717, 1.165) is 24.4 Å². The highest BCUT2D eigenvalue weighted by molar-refractivity contribution is 9.10. The summed E-state index contributed by atoms with van der Waals surface area (Å²) >= 11 is 9.06. The van der Waals surface area contributed by atoms with E-state index in [0.29, 0.717) is 21.9 Å². The van der Waals surface area contributed by atoms with E-state index >= 15 is 0 Å². The Labute approximate surface area is 142 Å². The first kappa shape index (κ1) is 16.8. The van der Waals surface area contributed by atoms with Crippen molar-refractivity contribution in [1.29, 1.82) is 0 Å². The third-order valence-corrected chi connectivity index (χ3v) is 4.12. The van der Waals surface area contributed by atoms with E-state index in [4.69, 9.17) is 11.6 Å². The molecule has 0 aliphatic rings. The summed E-state index contributed by atoms with van der Waals surface area (Å²) < 4.78 is 2.58. The Morgan fingerprint density at radius 1 is 1.41 bits per heavy atom. The summed E-state index contributed by atoms with van der Waals surface area (Å²) in [6, 6.07) is 3.46. The fraction of sp³-hybridized carbons (Fsp3) is 0.357. The Morgan fingerprint density at radius 3 is 2.82 bits per heavy atom. The van der Waals surface area contributed by atoms with E-state index in [1.165, 1.54) is 6.20 Å². The molecule has 0 fully saturated rings. The lowest BCUT2D eigenvalue weighted by molar-refractivity contribution is 0.251. The number of carbonyl (C=O) groups is 1. The first-order chi connectivity index (χ1) is 10.5. The number of anilines is 1. The number of hydrogen-bond donors (Lipinski definition) is 2. The zero-order valence-electron chi connectivity index (χ0n) is 12.4. The molecular weight excluding hydrogens is 370 g/mol.